The van der Waals surface area contributed by atoms with Crippen molar-refractivity contribution in [3.63, 3.8) is 0 Å². The maximum absolute atomic E-state index is 12.5. The lowest BCUT2D eigenvalue weighted by molar-refractivity contribution is -0.137. The number of aromatic nitrogens is 1. The fraction of sp³-hybridized carbons (Fsp3) is 0.333. The average molecular weight is 366 g/mol. The van der Waals surface area contributed by atoms with Gasteiger partial charge in [-0.2, -0.15) is 13.2 Å². The number of guanidine groups is 1. The second-order valence-corrected chi connectivity index (χ2v) is 5.47. The molecule has 2 rings (SSSR count). The number of pyridine rings is 1. The van der Waals surface area contributed by atoms with Crippen LogP contribution in [0.25, 0.3) is 0 Å². The number of aliphatic imine (C=N–C) groups is 1. The van der Waals surface area contributed by atoms with Crippen molar-refractivity contribution >= 4 is 5.96 Å². The Bertz CT molecular complexity index is 730. The third kappa shape index (κ3) is 5.94. The van der Waals surface area contributed by atoms with Crippen LogP contribution in [0.15, 0.2) is 47.5 Å². The van der Waals surface area contributed by atoms with Gasteiger partial charge < -0.3 is 15.4 Å². The Hall–Kier alpha value is -2.77. The molecule has 0 fully saturated rings. The van der Waals surface area contributed by atoms with E-state index in [0.717, 1.165) is 23.4 Å². The molecule has 0 aliphatic heterocycles. The van der Waals surface area contributed by atoms with Crippen LogP contribution in [-0.4, -0.2) is 31.6 Å². The minimum atomic E-state index is -4.31. The number of hydrogen-bond acceptors (Lipinski definition) is 3. The maximum Gasteiger partial charge on any atom is 0.416 e. The Balaban J connectivity index is 1.80. The predicted octanol–water partition coefficient (Wildman–Crippen LogP) is 3.02. The van der Waals surface area contributed by atoms with Gasteiger partial charge >= 0.3 is 6.18 Å². The van der Waals surface area contributed by atoms with E-state index in [-0.39, 0.29) is 0 Å². The zero-order chi connectivity index (χ0) is 19.0. The molecule has 0 atom stereocenters. The first-order valence-electron chi connectivity index (χ1n) is 8.03. The molecule has 0 saturated carbocycles. The van der Waals surface area contributed by atoms with Gasteiger partial charge in [0.15, 0.2) is 5.96 Å². The molecule has 0 unspecified atom stereocenters. The summed E-state index contributed by atoms with van der Waals surface area (Å²) in [5, 5.41) is 6.24. The van der Waals surface area contributed by atoms with Crippen LogP contribution < -0.4 is 15.4 Å². The normalized spacial score (nSPS) is 12.0. The number of halogens is 3. The van der Waals surface area contributed by atoms with Crippen LogP contribution in [0.3, 0.4) is 0 Å². The molecule has 0 aliphatic rings. The van der Waals surface area contributed by atoms with Crippen molar-refractivity contribution in [2.45, 2.75) is 19.1 Å². The Morgan fingerprint density at radius 1 is 1.12 bits per heavy atom. The van der Waals surface area contributed by atoms with Crippen molar-refractivity contribution < 1.29 is 17.9 Å². The molecular formula is C18H21F3N4O. The van der Waals surface area contributed by atoms with Gasteiger partial charge in [-0.05, 0) is 30.2 Å². The van der Waals surface area contributed by atoms with E-state index in [0.29, 0.717) is 31.3 Å². The summed E-state index contributed by atoms with van der Waals surface area (Å²) in [5.41, 5.74) is 0.975. The second-order valence-electron chi connectivity index (χ2n) is 5.47. The Kier molecular flexibility index (Phi) is 6.82. The third-order valence-electron chi connectivity index (χ3n) is 3.64. The van der Waals surface area contributed by atoms with E-state index < -0.39 is 11.7 Å². The van der Waals surface area contributed by atoms with E-state index in [9.17, 15) is 13.2 Å². The number of rotatable bonds is 6. The highest BCUT2D eigenvalue weighted by atomic mass is 19.4. The number of methoxy groups -OCH3 is 1. The number of ether oxygens (including phenoxy) is 1. The highest BCUT2D eigenvalue weighted by Gasteiger charge is 2.29. The van der Waals surface area contributed by atoms with Crippen LogP contribution in [0.2, 0.25) is 0 Å². The molecule has 2 aromatic rings. The molecule has 140 valence electrons. The first kappa shape index (κ1) is 19.6. The van der Waals surface area contributed by atoms with Crippen molar-refractivity contribution in [1.82, 2.24) is 15.6 Å². The molecule has 0 aliphatic carbocycles. The monoisotopic (exact) mass is 366 g/mol. The molecular weight excluding hydrogens is 345 g/mol. The molecule has 26 heavy (non-hydrogen) atoms. The summed E-state index contributed by atoms with van der Waals surface area (Å²) in [4.78, 5) is 8.40. The Labute approximate surface area is 150 Å². The standard InChI is InChI=1S/C18H21F3N4O/c1-22-17(24-12-15-4-3-5-16(25-15)26-2)23-11-10-13-6-8-14(9-7-13)18(19,20)21/h3-9H,10-12H2,1-2H3,(H2,22,23,24). The van der Waals surface area contributed by atoms with Crippen LogP contribution in [0.5, 0.6) is 5.88 Å². The molecule has 1 aromatic carbocycles. The molecule has 2 N–H and O–H groups in total. The molecule has 1 heterocycles. The average Bonchev–Trinajstić information content (AvgIpc) is 2.64. The van der Waals surface area contributed by atoms with Gasteiger partial charge in [0.1, 0.15) is 0 Å². The van der Waals surface area contributed by atoms with Gasteiger partial charge in [0.2, 0.25) is 5.88 Å². The van der Waals surface area contributed by atoms with E-state index in [1.165, 1.54) is 12.1 Å². The summed E-state index contributed by atoms with van der Waals surface area (Å²) in [7, 11) is 3.20. The first-order chi connectivity index (χ1) is 12.4. The van der Waals surface area contributed by atoms with Crippen molar-refractivity contribution in [2.24, 2.45) is 4.99 Å². The van der Waals surface area contributed by atoms with Gasteiger partial charge in [0.25, 0.3) is 0 Å². The van der Waals surface area contributed by atoms with Gasteiger partial charge in [-0.3, -0.25) is 4.99 Å². The lowest BCUT2D eigenvalue weighted by Gasteiger charge is -2.12. The van der Waals surface area contributed by atoms with Crippen LogP contribution in [0, 0.1) is 0 Å². The summed E-state index contributed by atoms with van der Waals surface area (Å²) in [6, 6.07) is 10.6. The first-order valence-corrected chi connectivity index (χ1v) is 8.03. The van der Waals surface area contributed by atoms with E-state index in [1.807, 2.05) is 12.1 Å². The van der Waals surface area contributed by atoms with Crippen LogP contribution in [-0.2, 0) is 19.1 Å². The lowest BCUT2D eigenvalue weighted by atomic mass is 10.1. The molecule has 0 amide bonds. The topological polar surface area (TPSA) is 58.5 Å². The van der Waals surface area contributed by atoms with E-state index in [4.69, 9.17) is 4.74 Å². The second kappa shape index (κ2) is 9.07. The van der Waals surface area contributed by atoms with E-state index >= 15 is 0 Å². The smallest absolute Gasteiger partial charge is 0.416 e. The summed E-state index contributed by atoms with van der Waals surface area (Å²) >= 11 is 0. The van der Waals surface area contributed by atoms with Crippen LogP contribution in [0.1, 0.15) is 16.8 Å². The highest BCUT2D eigenvalue weighted by molar-refractivity contribution is 5.79. The molecule has 0 saturated heterocycles. The number of hydrogen-bond donors (Lipinski definition) is 2. The maximum atomic E-state index is 12.5. The quantitative estimate of drug-likeness (QED) is 0.610. The summed E-state index contributed by atoms with van der Waals surface area (Å²) in [6.07, 6.45) is -3.73. The summed E-state index contributed by atoms with van der Waals surface area (Å²) in [5.74, 6) is 1.12. The van der Waals surface area contributed by atoms with Gasteiger partial charge in [-0.15, -0.1) is 0 Å². The summed E-state index contributed by atoms with van der Waals surface area (Å²) < 4.78 is 42.7. The van der Waals surface area contributed by atoms with Gasteiger partial charge in [0, 0.05) is 19.7 Å². The van der Waals surface area contributed by atoms with E-state index in [1.54, 1.807) is 20.2 Å². The van der Waals surface area contributed by atoms with Gasteiger partial charge in [-0.1, -0.05) is 18.2 Å². The Morgan fingerprint density at radius 2 is 1.85 bits per heavy atom. The zero-order valence-electron chi connectivity index (χ0n) is 14.6. The summed E-state index contributed by atoms with van der Waals surface area (Å²) in [6.45, 7) is 1.01. The minimum absolute atomic E-state index is 0.469. The van der Waals surface area contributed by atoms with Gasteiger partial charge in [-0.25, -0.2) is 4.98 Å². The van der Waals surface area contributed by atoms with E-state index in [2.05, 4.69) is 20.6 Å². The number of nitrogens with one attached hydrogen (secondary N) is 2. The molecule has 5 nitrogen and oxygen atoms in total. The molecule has 0 radical (unpaired) electrons. The van der Waals surface area contributed by atoms with Crippen molar-refractivity contribution in [3.8, 4) is 5.88 Å². The number of alkyl halides is 3. The van der Waals surface area contributed by atoms with Crippen molar-refractivity contribution in [3.05, 3.63) is 59.3 Å². The SMILES string of the molecule is CN=C(NCCc1ccc(C(F)(F)F)cc1)NCc1cccc(OC)n1. The van der Waals surface area contributed by atoms with Gasteiger partial charge in [0.05, 0.1) is 24.9 Å². The predicted molar refractivity (Wildman–Crippen MR) is 94.1 cm³/mol. The highest BCUT2D eigenvalue weighted by Crippen LogP contribution is 2.29. The molecule has 8 heteroatoms. The molecule has 1 aromatic heterocycles. The fourth-order valence-corrected chi connectivity index (χ4v) is 2.25. The minimum Gasteiger partial charge on any atom is -0.481 e. The molecule has 0 spiro atoms. The molecule has 0 bridgehead atoms. The largest absolute Gasteiger partial charge is 0.481 e. The zero-order valence-corrected chi connectivity index (χ0v) is 14.6. The lowest BCUT2D eigenvalue weighted by Crippen LogP contribution is -2.38. The number of benzene rings is 1. The fourth-order valence-electron chi connectivity index (χ4n) is 2.25. The number of nitrogens with zero attached hydrogens (tertiary/aromatic N) is 2. The third-order valence-corrected chi connectivity index (χ3v) is 3.64. The van der Waals surface area contributed by atoms with Crippen molar-refractivity contribution in [2.75, 3.05) is 20.7 Å². The van der Waals surface area contributed by atoms with Crippen LogP contribution >= 0.6 is 0 Å². The van der Waals surface area contributed by atoms with Crippen molar-refractivity contribution in [1.29, 1.82) is 0 Å². The van der Waals surface area contributed by atoms with Crippen LogP contribution in [0.4, 0.5) is 13.2 Å². The Morgan fingerprint density at radius 3 is 2.46 bits per heavy atom.